The average Bonchev–Trinajstić information content (AvgIpc) is 2.58. The predicted molar refractivity (Wildman–Crippen MR) is 85.7 cm³/mol. The standard InChI is InChI=1S/C16H11F2N3O3S/c17-11-5-6-14(18)15(9-11)25(22,23)21-12-3-1-4-13(10-12)24-16-19-7-2-8-20-16/h1-10,21H. The van der Waals surface area contributed by atoms with Gasteiger partial charge in [-0.3, -0.25) is 4.72 Å². The van der Waals surface area contributed by atoms with Gasteiger partial charge in [-0.05, 0) is 36.4 Å². The van der Waals surface area contributed by atoms with Gasteiger partial charge in [0, 0.05) is 18.5 Å². The monoisotopic (exact) mass is 363 g/mol. The number of ether oxygens (including phenoxy) is 1. The van der Waals surface area contributed by atoms with E-state index in [9.17, 15) is 17.2 Å². The molecule has 1 aromatic heterocycles. The van der Waals surface area contributed by atoms with Crippen molar-refractivity contribution >= 4 is 15.7 Å². The Kier molecular flexibility index (Phi) is 4.57. The molecule has 0 spiro atoms. The van der Waals surface area contributed by atoms with Crippen molar-refractivity contribution in [2.45, 2.75) is 4.90 Å². The Labute approximate surface area is 142 Å². The van der Waals surface area contributed by atoms with Gasteiger partial charge in [0.1, 0.15) is 22.3 Å². The summed E-state index contributed by atoms with van der Waals surface area (Å²) in [6.45, 7) is 0. The van der Waals surface area contributed by atoms with Gasteiger partial charge >= 0.3 is 6.01 Å². The minimum absolute atomic E-state index is 0.0821. The van der Waals surface area contributed by atoms with Crippen LogP contribution in [0.1, 0.15) is 0 Å². The molecule has 0 bridgehead atoms. The Balaban J connectivity index is 1.85. The van der Waals surface area contributed by atoms with Crippen LogP contribution >= 0.6 is 0 Å². The molecule has 0 fully saturated rings. The van der Waals surface area contributed by atoms with Crippen molar-refractivity contribution in [2.24, 2.45) is 0 Å². The minimum atomic E-state index is -4.31. The molecule has 0 radical (unpaired) electrons. The zero-order chi connectivity index (χ0) is 17.9. The second-order valence-corrected chi connectivity index (χ2v) is 6.49. The third-order valence-corrected chi connectivity index (χ3v) is 4.42. The Morgan fingerprint density at radius 1 is 0.960 bits per heavy atom. The first-order valence-electron chi connectivity index (χ1n) is 6.97. The fourth-order valence-electron chi connectivity index (χ4n) is 1.96. The SMILES string of the molecule is O=S(=O)(Nc1cccc(Oc2ncccn2)c1)c1cc(F)ccc1F. The number of benzene rings is 2. The summed E-state index contributed by atoms with van der Waals surface area (Å²) < 4.78 is 59.0. The van der Waals surface area contributed by atoms with Crippen LogP contribution in [0.5, 0.6) is 11.8 Å². The molecule has 25 heavy (non-hydrogen) atoms. The lowest BCUT2D eigenvalue weighted by Gasteiger charge is -2.10. The van der Waals surface area contributed by atoms with Crippen LogP contribution in [0.3, 0.4) is 0 Å². The predicted octanol–water partition coefficient (Wildman–Crippen LogP) is 3.35. The molecular weight excluding hydrogens is 352 g/mol. The summed E-state index contributed by atoms with van der Waals surface area (Å²) in [5.74, 6) is -1.65. The molecule has 3 rings (SSSR count). The van der Waals surface area contributed by atoms with Gasteiger partial charge in [-0.15, -0.1) is 0 Å². The van der Waals surface area contributed by atoms with Gasteiger partial charge in [0.15, 0.2) is 0 Å². The lowest BCUT2D eigenvalue weighted by atomic mass is 10.3. The van der Waals surface area contributed by atoms with Crippen molar-refractivity contribution < 1.29 is 21.9 Å². The van der Waals surface area contributed by atoms with Crippen LogP contribution in [-0.4, -0.2) is 18.4 Å². The lowest BCUT2D eigenvalue weighted by Crippen LogP contribution is -2.15. The summed E-state index contributed by atoms with van der Waals surface area (Å²) in [7, 11) is -4.31. The number of sulfonamides is 1. The molecule has 3 aromatic rings. The van der Waals surface area contributed by atoms with Crippen LogP contribution in [0.2, 0.25) is 0 Å². The van der Waals surface area contributed by atoms with Gasteiger partial charge in [0.05, 0.1) is 5.69 Å². The molecule has 2 aromatic carbocycles. The topological polar surface area (TPSA) is 81.2 Å². The van der Waals surface area contributed by atoms with Crippen molar-refractivity contribution in [3.63, 3.8) is 0 Å². The summed E-state index contributed by atoms with van der Waals surface area (Å²) in [6.07, 6.45) is 2.98. The van der Waals surface area contributed by atoms with Crippen molar-refractivity contribution in [2.75, 3.05) is 4.72 Å². The zero-order valence-corrected chi connectivity index (χ0v) is 13.4. The van der Waals surface area contributed by atoms with E-state index in [0.717, 1.165) is 12.1 Å². The molecule has 0 unspecified atom stereocenters. The largest absolute Gasteiger partial charge is 0.424 e. The number of rotatable bonds is 5. The smallest absolute Gasteiger partial charge is 0.321 e. The number of hydrogen-bond acceptors (Lipinski definition) is 5. The highest BCUT2D eigenvalue weighted by molar-refractivity contribution is 7.92. The van der Waals surface area contributed by atoms with E-state index in [1.807, 2.05) is 0 Å². The van der Waals surface area contributed by atoms with Gasteiger partial charge in [0.25, 0.3) is 10.0 Å². The van der Waals surface area contributed by atoms with Crippen LogP contribution in [0.4, 0.5) is 14.5 Å². The van der Waals surface area contributed by atoms with Crippen LogP contribution in [0.15, 0.2) is 65.8 Å². The second kappa shape index (κ2) is 6.81. The molecule has 0 aliphatic heterocycles. The number of halogens is 2. The summed E-state index contributed by atoms with van der Waals surface area (Å²) in [4.78, 5) is 6.98. The van der Waals surface area contributed by atoms with Crippen LogP contribution in [0.25, 0.3) is 0 Å². The molecule has 0 aliphatic carbocycles. The molecule has 0 aliphatic rings. The van der Waals surface area contributed by atoms with E-state index >= 15 is 0 Å². The molecular formula is C16H11F2N3O3S. The van der Waals surface area contributed by atoms with Gasteiger partial charge in [-0.25, -0.2) is 27.2 Å². The molecule has 0 atom stereocenters. The van der Waals surface area contributed by atoms with E-state index in [-0.39, 0.29) is 17.4 Å². The molecule has 128 valence electrons. The van der Waals surface area contributed by atoms with Gasteiger partial charge in [-0.1, -0.05) is 6.07 Å². The molecule has 0 saturated heterocycles. The molecule has 0 amide bonds. The Morgan fingerprint density at radius 2 is 1.72 bits per heavy atom. The summed E-state index contributed by atoms with van der Waals surface area (Å²) in [5, 5.41) is 0. The minimum Gasteiger partial charge on any atom is -0.424 e. The number of anilines is 1. The number of nitrogens with zero attached hydrogens (tertiary/aromatic N) is 2. The van der Waals surface area contributed by atoms with E-state index in [2.05, 4.69) is 14.7 Å². The quantitative estimate of drug-likeness (QED) is 0.752. The van der Waals surface area contributed by atoms with Gasteiger partial charge in [-0.2, -0.15) is 0 Å². The summed E-state index contributed by atoms with van der Waals surface area (Å²) in [6, 6.07) is 9.78. The van der Waals surface area contributed by atoms with E-state index < -0.39 is 26.6 Å². The highest BCUT2D eigenvalue weighted by Gasteiger charge is 2.20. The number of aromatic nitrogens is 2. The van der Waals surface area contributed by atoms with Crippen LogP contribution in [-0.2, 0) is 10.0 Å². The highest BCUT2D eigenvalue weighted by atomic mass is 32.2. The van der Waals surface area contributed by atoms with Gasteiger partial charge in [0.2, 0.25) is 0 Å². The number of hydrogen-bond donors (Lipinski definition) is 1. The van der Waals surface area contributed by atoms with Crippen molar-refractivity contribution in [3.05, 3.63) is 72.6 Å². The third-order valence-electron chi connectivity index (χ3n) is 3.02. The van der Waals surface area contributed by atoms with E-state index in [4.69, 9.17) is 4.74 Å². The van der Waals surface area contributed by atoms with Gasteiger partial charge < -0.3 is 4.74 Å². The lowest BCUT2D eigenvalue weighted by molar-refractivity contribution is 0.442. The van der Waals surface area contributed by atoms with Crippen LogP contribution in [0, 0.1) is 11.6 Å². The van der Waals surface area contributed by atoms with E-state index in [1.54, 1.807) is 12.1 Å². The maximum atomic E-state index is 13.7. The fourth-order valence-corrected chi connectivity index (χ4v) is 3.10. The first-order chi connectivity index (χ1) is 11.9. The first-order valence-corrected chi connectivity index (χ1v) is 8.45. The third kappa shape index (κ3) is 4.07. The van der Waals surface area contributed by atoms with Crippen molar-refractivity contribution in [1.82, 2.24) is 9.97 Å². The zero-order valence-electron chi connectivity index (χ0n) is 12.6. The van der Waals surface area contributed by atoms with Crippen LogP contribution < -0.4 is 9.46 Å². The fraction of sp³-hybridized carbons (Fsp3) is 0. The van der Waals surface area contributed by atoms with E-state index in [0.29, 0.717) is 6.07 Å². The first kappa shape index (κ1) is 16.8. The van der Waals surface area contributed by atoms with Crippen molar-refractivity contribution in [1.29, 1.82) is 0 Å². The Morgan fingerprint density at radius 3 is 2.48 bits per heavy atom. The maximum absolute atomic E-state index is 13.7. The molecule has 6 nitrogen and oxygen atoms in total. The summed E-state index contributed by atoms with van der Waals surface area (Å²) >= 11 is 0. The number of nitrogens with one attached hydrogen (secondary N) is 1. The molecule has 1 heterocycles. The molecule has 9 heteroatoms. The molecule has 1 N–H and O–H groups in total. The Bertz CT molecular complexity index is 999. The highest BCUT2D eigenvalue weighted by Crippen LogP contribution is 2.24. The maximum Gasteiger partial charge on any atom is 0.321 e. The summed E-state index contributed by atoms with van der Waals surface area (Å²) in [5.41, 5.74) is 0.108. The Hall–Kier alpha value is -3.07. The molecule has 0 saturated carbocycles. The average molecular weight is 363 g/mol. The second-order valence-electron chi connectivity index (χ2n) is 4.84. The van der Waals surface area contributed by atoms with Crippen molar-refractivity contribution in [3.8, 4) is 11.8 Å². The normalized spacial score (nSPS) is 11.1. The van der Waals surface area contributed by atoms with E-state index in [1.165, 1.54) is 30.6 Å².